The molecule has 3 aliphatic carbocycles. The van der Waals surface area contributed by atoms with Gasteiger partial charge in [-0.15, -0.1) is 93.7 Å². The van der Waals surface area contributed by atoms with Crippen LogP contribution in [0.4, 0.5) is 5.69 Å². The molecule has 30 rings (SSSR count). The molecule has 19 aromatic carbocycles. The molecule has 7 aromatic heterocycles. The largest absolute Gasteiger partial charge is 3.00 e. The van der Waals surface area contributed by atoms with Crippen molar-refractivity contribution in [3.05, 3.63) is 501 Å². The number of fused-ring (bicyclic) bond motifs is 31. The molecule has 150 heavy (non-hydrogen) atoms. The standard InChI is InChI=1S/3C36H24N.C10H10N3.C10H10N2.C8H6N3.3Ir/c2*1-36(2)32-19-23(35-18-16-22-9-3-8-14-34(22)37-35)15-17-28(32)31-20-29-26-12-6-4-10-24(26)25-11-5-7-13-27(25)30(29)21-33(31)36;1-36(2)30-19-18-28-26-12-5-4-10-24(26)25-11-6-7-13-27(25)34(28)35(30)29-17-15-23(21-31(29)36)33-20-16-22-9-3-8-14-32(22)37-33;1-7-5-8(2)10(11-6-7)9-3-4-12-13-9;1-11-7-8-12(9-11)10-5-3-2-4-6-10;1-2-5-9-7(3-1)8-4-6-10-11-8;;;/h3*3-14,16-21H,1-2H3;3-6H,1-2H3;2-5,7-9H,1H3;1-6H;;;/q4*-1;-2;-1;;;+3. The summed E-state index contributed by atoms with van der Waals surface area (Å²) in [7, 11) is 2.00. The Morgan fingerprint density at radius 3 is 1.08 bits per heavy atom. The van der Waals surface area contributed by atoms with E-state index in [0.29, 0.717) is 0 Å². The van der Waals surface area contributed by atoms with Crippen molar-refractivity contribution in [1.29, 1.82) is 0 Å². The van der Waals surface area contributed by atoms with Crippen LogP contribution < -0.4 is 15.1 Å². The van der Waals surface area contributed by atoms with Gasteiger partial charge in [0.05, 0.1) is 22.2 Å². The Labute approximate surface area is 912 Å². The predicted octanol–water partition coefficient (Wildman–Crippen LogP) is 33.0. The van der Waals surface area contributed by atoms with Crippen LogP contribution in [0.25, 0.3) is 220 Å². The van der Waals surface area contributed by atoms with Gasteiger partial charge in [-0.1, -0.05) is 366 Å². The third-order valence-electron chi connectivity index (χ3n) is 30.1. The minimum absolute atomic E-state index is 0. The zero-order valence-electron chi connectivity index (χ0n) is 83.9. The second-order valence-electron chi connectivity index (χ2n) is 40.1. The fraction of sp³-hybridized carbons (Fsp3) is 0.0882. The maximum atomic E-state index is 4.96. The molecule has 728 valence electrons. The molecule has 1 aliphatic heterocycles. The van der Waals surface area contributed by atoms with Crippen molar-refractivity contribution in [2.75, 3.05) is 11.9 Å². The summed E-state index contributed by atoms with van der Waals surface area (Å²) in [5.41, 5.74) is 31.6. The number of rotatable bonds is 6. The normalized spacial score (nSPS) is 13.2. The van der Waals surface area contributed by atoms with E-state index in [1.54, 1.807) is 18.6 Å². The minimum Gasteiger partial charge on any atom is -0.574 e. The van der Waals surface area contributed by atoms with Crippen molar-refractivity contribution in [3.63, 3.8) is 0 Å². The molecular weight excluding hydrogens is 2360 g/mol. The molecule has 0 unspecified atom stereocenters. The van der Waals surface area contributed by atoms with Crippen LogP contribution in [0.5, 0.6) is 0 Å². The molecule has 0 saturated heterocycles. The first-order valence-electron chi connectivity index (χ1n) is 50.0. The topological polar surface area (TPSA) is 125 Å². The van der Waals surface area contributed by atoms with E-state index in [9.17, 15) is 0 Å². The number of pyridine rings is 5. The molecule has 0 atom stereocenters. The average Bonchev–Trinajstić information content (AvgIpc) is 1.55. The number of hydrogen-bond donors (Lipinski definition) is 0. The number of aromatic nitrogens is 9. The van der Waals surface area contributed by atoms with Gasteiger partial charge in [-0.3, -0.25) is 24.9 Å². The summed E-state index contributed by atoms with van der Waals surface area (Å²) in [6, 6.07) is 152. The number of para-hydroxylation sites is 4. The Kier molecular flexibility index (Phi) is 26.5. The number of nitrogens with zero attached hydrogens (tertiary/aromatic N) is 11. The van der Waals surface area contributed by atoms with E-state index in [0.717, 1.165) is 101 Å². The van der Waals surface area contributed by atoms with Crippen LogP contribution >= 0.6 is 0 Å². The van der Waals surface area contributed by atoms with E-state index >= 15 is 0 Å². The van der Waals surface area contributed by atoms with Crippen molar-refractivity contribution >= 4 is 135 Å². The zero-order chi connectivity index (χ0) is 99.3. The van der Waals surface area contributed by atoms with Gasteiger partial charge in [-0.05, 0) is 256 Å². The van der Waals surface area contributed by atoms with Gasteiger partial charge in [0.1, 0.15) is 0 Å². The molecule has 2 radical (unpaired) electrons. The molecule has 8 heterocycles. The van der Waals surface area contributed by atoms with Crippen molar-refractivity contribution in [2.45, 2.75) is 71.6 Å². The second kappa shape index (κ2) is 40.4. The predicted molar refractivity (Wildman–Crippen MR) is 608 cm³/mol. The molecule has 14 heteroatoms. The third-order valence-corrected chi connectivity index (χ3v) is 30.1. The average molecular weight is 2460 g/mol. The van der Waals surface area contributed by atoms with Gasteiger partial charge >= 0.3 is 20.1 Å². The van der Waals surface area contributed by atoms with E-state index in [-0.39, 0.29) is 76.6 Å². The van der Waals surface area contributed by atoms with Crippen LogP contribution in [-0.4, -0.2) is 47.1 Å². The Hall–Kier alpha value is -16.2. The maximum absolute atomic E-state index is 4.96. The van der Waals surface area contributed by atoms with E-state index in [1.165, 1.54) is 169 Å². The molecule has 26 aromatic rings. The SMILES string of the molecule is CC1(C)c2cc(-c3ccc4ccccc4n3)[c-]cc2-c2c1ccc1c3ccccc3c3ccccc3c21.CC1(C)c2cc(-c3ccc4ccccc4n3)[c-]cc2-c2cc3c4ccccc4c4ccccc4c3cc21.CC1(C)c2cc(-c3ccc4ccccc4n3)[c-]cc2-c2cc3c4ccccc4c4ccccc4c3cc21.CN1C=CN(c2[c-]cccc2)[CH-]1.Cc1cnc(-c2ccn[n-]2)c(C)c1.[Ir+3].[Ir].[Ir].c1ccc(-c2ccn[n-]2)nc1. The molecule has 0 amide bonds. The van der Waals surface area contributed by atoms with Crippen molar-refractivity contribution in [3.8, 4) is 89.9 Å². The monoisotopic (exact) mass is 2460 g/mol. The summed E-state index contributed by atoms with van der Waals surface area (Å²) < 4.78 is 0. The van der Waals surface area contributed by atoms with Gasteiger partial charge in [0, 0.05) is 70.7 Å². The summed E-state index contributed by atoms with van der Waals surface area (Å²) >= 11 is 0. The molecule has 0 fully saturated rings. The Morgan fingerprint density at radius 2 is 0.673 bits per heavy atom. The van der Waals surface area contributed by atoms with Crippen LogP contribution in [0, 0.1) is 44.8 Å². The van der Waals surface area contributed by atoms with E-state index < -0.39 is 0 Å². The van der Waals surface area contributed by atoms with Gasteiger partial charge in [0.25, 0.3) is 0 Å². The molecule has 4 aliphatic rings. The van der Waals surface area contributed by atoms with E-state index in [1.807, 2.05) is 129 Å². The van der Waals surface area contributed by atoms with E-state index in [2.05, 4.69) is 412 Å². The minimum atomic E-state index is -0.119. The number of aryl methyl sites for hydroxylation is 2. The Bertz CT molecular complexity index is 9350. The van der Waals surface area contributed by atoms with Crippen LogP contribution in [0.3, 0.4) is 0 Å². The van der Waals surface area contributed by atoms with Gasteiger partial charge in [-0.25, -0.2) is 0 Å². The van der Waals surface area contributed by atoms with Gasteiger partial charge in [0.2, 0.25) is 0 Å². The van der Waals surface area contributed by atoms with Crippen molar-refractivity contribution in [1.82, 2.24) is 50.2 Å². The maximum Gasteiger partial charge on any atom is 3.00 e. The number of hydrogen-bond acceptors (Lipinski definition) is 9. The number of anilines is 1. The first-order chi connectivity index (χ1) is 71.9. The number of benzene rings is 19. The molecule has 11 nitrogen and oxygen atoms in total. The summed E-state index contributed by atoms with van der Waals surface area (Å²) in [6.45, 7) is 20.2. The van der Waals surface area contributed by atoms with Crippen LogP contribution in [0.1, 0.15) is 86.1 Å². The van der Waals surface area contributed by atoms with Crippen LogP contribution in [0.15, 0.2) is 425 Å². The fourth-order valence-corrected chi connectivity index (χ4v) is 22.7. The molecule has 0 saturated carbocycles. The summed E-state index contributed by atoms with van der Waals surface area (Å²) in [6.07, 6.45) is 10.9. The van der Waals surface area contributed by atoms with Crippen LogP contribution in [0.2, 0.25) is 0 Å². The molecule has 0 N–H and O–H groups in total. The first kappa shape index (κ1) is 98.4. The fourth-order valence-electron chi connectivity index (χ4n) is 22.7. The van der Waals surface area contributed by atoms with Crippen molar-refractivity contribution < 1.29 is 60.3 Å². The quantitative estimate of drug-likeness (QED) is 0.117. The molecular formula is C136H98Ir3N11-4. The second-order valence-corrected chi connectivity index (χ2v) is 40.1. The first-order valence-corrected chi connectivity index (χ1v) is 50.0. The molecule has 0 spiro atoms. The van der Waals surface area contributed by atoms with Crippen molar-refractivity contribution in [2.24, 2.45) is 0 Å². The smallest absolute Gasteiger partial charge is 0.574 e. The Morgan fingerprint density at radius 1 is 0.300 bits per heavy atom. The van der Waals surface area contributed by atoms with Gasteiger partial charge in [-0.2, -0.15) is 37.0 Å². The van der Waals surface area contributed by atoms with Gasteiger partial charge in [0.15, 0.2) is 0 Å². The zero-order valence-corrected chi connectivity index (χ0v) is 91.1. The summed E-state index contributed by atoms with van der Waals surface area (Å²) in [5, 5.41) is 42.5. The summed E-state index contributed by atoms with van der Waals surface area (Å²) in [5.74, 6) is 0. The van der Waals surface area contributed by atoms with Gasteiger partial charge < -0.3 is 30.2 Å². The van der Waals surface area contributed by atoms with Crippen LogP contribution in [-0.2, 0) is 76.6 Å². The molecule has 0 bridgehead atoms. The third kappa shape index (κ3) is 17.6. The van der Waals surface area contributed by atoms with E-state index in [4.69, 9.17) is 15.0 Å². The Balaban J connectivity index is 0.000000108. The summed E-state index contributed by atoms with van der Waals surface area (Å²) in [4.78, 5) is 27.3.